The van der Waals surface area contributed by atoms with Gasteiger partial charge < -0.3 is 5.32 Å². The lowest BCUT2D eigenvalue weighted by atomic mass is 9.47. The van der Waals surface area contributed by atoms with E-state index in [2.05, 4.69) is 78.9 Å². The number of rotatable bonds is 7. The number of nitrogens with zero attached hydrogens (tertiary/aromatic N) is 1. The van der Waals surface area contributed by atoms with Crippen molar-refractivity contribution in [3.05, 3.63) is 45.5 Å². The molecule has 2 saturated carbocycles. The van der Waals surface area contributed by atoms with Gasteiger partial charge in [0.05, 0.1) is 10.6 Å². The molecule has 0 bridgehead atoms. The summed E-state index contributed by atoms with van der Waals surface area (Å²) in [4.78, 5) is 6.67. The van der Waals surface area contributed by atoms with E-state index in [-0.39, 0.29) is 0 Å². The minimum atomic E-state index is 0.317. The lowest BCUT2D eigenvalue weighted by Crippen LogP contribution is -2.49. The Bertz CT molecular complexity index is 1260. The molecule has 3 heteroatoms. The molecular weight excluding hydrogens is 504 g/mol. The van der Waals surface area contributed by atoms with Gasteiger partial charge in [-0.1, -0.05) is 89.0 Å². The highest BCUT2D eigenvalue weighted by Gasteiger charge is 2.59. The SMILES string of the molecule is Cc1cc(C)c(Nc2nc3c(s2)C2=CCC4C(CCC5(C)C(C(C)CCCC(C)C)CCC45)C2(C)CC3)c(C)c1. The number of allylic oxidation sites excluding steroid dienone is 2. The first-order chi connectivity index (χ1) is 19.0. The van der Waals surface area contributed by atoms with Gasteiger partial charge in [-0.15, -0.1) is 0 Å². The van der Waals surface area contributed by atoms with E-state index in [4.69, 9.17) is 4.98 Å². The summed E-state index contributed by atoms with van der Waals surface area (Å²) in [5.74, 6) is 5.31. The molecule has 2 aromatic rings. The van der Waals surface area contributed by atoms with Crippen LogP contribution in [0.25, 0.3) is 5.57 Å². The van der Waals surface area contributed by atoms with Crippen LogP contribution in [0.2, 0.25) is 0 Å². The smallest absolute Gasteiger partial charge is 0.187 e. The number of hydrogen-bond donors (Lipinski definition) is 1. The Hall–Kier alpha value is -1.61. The molecular formula is C37H54N2S. The zero-order valence-corrected chi connectivity index (χ0v) is 27.4. The molecule has 1 heterocycles. The van der Waals surface area contributed by atoms with E-state index in [0.29, 0.717) is 10.8 Å². The van der Waals surface area contributed by atoms with Gasteiger partial charge in [0.1, 0.15) is 0 Å². The third-order valence-corrected chi connectivity index (χ3v) is 13.4. The van der Waals surface area contributed by atoms with E-state index >= 15 is 0 Å². The molecule has 4 aliphatic rings. The average molecular weight is 559 g/mol. The molecule has 0 spiro atoms. The summed E-state index contributed by atoms with van der Waals surface area (Å²) in [7, 11) is 0. The number of nitrogens with one attached hydrogen (secondary N) is 1. The van der Waals surface area contributed by atoms with E-state index in [0.717, 1.165) is 47.1 Å². The lowest BCUT2D eigenvalue weighted by Gasteiger charge is -2.57. The fourth-order valence-corrected chi connectivity index (χ4v) is 11.6. The quantitative estimate of drug-likeness (QED) is 0.365. The van der Waals surface area contributed by atoms with Gasteiger partial charge in [0.25, 0.3) is 0 Å². The lowest BCUT2D eigenvalue weighted by molar-refractivity contribution is -0.0392. The van der Waals surface area contributed by atoms with Crippen molar-refractivity contribution in [1.82, 2.24) is 4.98 Å². The van der Waals surface area contributed by atoms with Gasteiger partial charge in [0, 0.05) is 5.69 Å². The second-order valence-corrected chi connectivity index (χ2v) is 16.4. The average Bonchev–Trinajstić information content (AvgIpc) is 3.46. The second kappa shape index (κ2) is 10.6. The Morgan fingerprint density at radius 2 is 1.73 bits per heavy atom. The van der Waals surface area contributed by atoms with Crippen molar-refractivity contribution in [1.29, 1.82) is 0 Å². The standard InChI is InChI=1S/C37H54N2S/c1-22(2)10-9-11-24(4)28-14-15-29-27-12-13-31-34-32(17-19-37(31,8)30(27)16-18-36(28,29)7)38-35(40-34)39-33-25(5)20-23(3)21-26(33)6/h13,20-22,24,27-30H,9-12,14-19H2,1-8H3,(H,38,39). The summed E-state index contributed by atoms with van der Waals surface area (Å²) >= 11 is 1.92. The molecule has 1 aromatic carbocycles. The molecule has 7 unspecified atom stereocenters. The summed E-state index contributed by atoms with van der Waals surface area (Å²) in [5, 5.41) is 4.82. The maximum atomic E-state index is 5.17. The molecule has 6 rings (SSSR count). The molecule has 1 aromatic heterocycles. The molecule has 2 fully saturated rings. The van der Waals surface area contributed by atoms with E-state index in [1.807, 2.05) is 11.3 Å². The van der Waals surface area contributed by atoms with Crippen molar-refractivity contribution >= 4 is 27.7 Å². The van der Waals surface area contributed by atoms with Crippen LogP contribution < -0.4 is 5.32 Å². The van der Waals surface area contributed by atoms with Crippen molar-refractivity contribution in [2.75, 3.05) is 5.32 Å². The largest absolute Gasteiger partial charge is 0.331 e. The predicted octanol–water partition coefficient (Wildman–Crippen LogP) is 11.1. The summed E-state index contributed by atoms with van der Waals surface area (Å²) in [6, 6.07) is 4.56. The van der Waals surface area contributed by atoms with Crippen LogP contribution in [0.15, 0.2) is 18.2 Å². The number of anilines is 2. The highest BCUT2D eigenvalue weighted by Crippen LogP contribution is 2.68. The first-order valence-corrected chi connectivity index (χ1v) is 17.4. The molecule has 0 radical (unpaired) electrons. The van der Waals surface area contributed by atoms with Gasteiger partial charge in [-0.05, 0) is 129 Å². The minimum absolute atomic E-state index is 0.317. The van der Waals surface area contributed by atoms with Crippen LogP contribution in [0, 0.1) is 67.1 Å². The fourth-order valence-electron chi connectivity index (χ4n) is 10.4. The Labute approximate surface area is 248 Å². The monoisotopic (exact) mass is 558 g/mol. The van der Waals surface area contributed by atoms with Crippen LogP contribution in [-0.2, 0) is 6.42 Å². The summed E-state index contributed by atoms with van der Waals surface area (Å²) in [6.45, 7) is 19.3. The number of thiazole rings is 1. The number of fused-ring (bicyclic) bond motifs is 7. The van der Waals surface area contributed by atoms with Crippen molar-refractivity contribution in [3.63, 3.8) is 0 Å². The normalized spacial score (nSPS) is 33.6. The summed E-state index contributed by atoms with van der Waals surface area (Å²) < 4.78 is 0. The third-order valence-electron chi connectivity index (χ3n) is 12.4. The maximum absolute atomic E-state index is 5.17. The second-order valence-electron chi connectivity index (χ2n) is 15.4. The van der Waals surface area contributed by atoms with Crippen LogP contribution in [0.1, 0.15) is 120 Å². The molecule has 218 valence electrons. The number of aryl methyl sites for hydroxylation is 4. The van der Waals surface area contributed by atoms with E-state index in [9.17, 15) is 0 Å². The van der Waals surface area contributed by atoms with Crippen LogP contribution in [0.4, 0.5) is 10.8 Å². The Morgan fingerprint density at radius 3 is 2.45 bits per heavy atom. The molecule has 40 heavy (non-hydrogen) atoms. The van der Waals surface area contributed by atoms with Crippen LogP contribution in [-0.4, -0.2) is 4.98 Å². The van der Waals surface area contributed by atoms with Gasteiger partial charge in [0.2, 0.25) is 0 Å². The van der Waals surface area contributed by atoms with Gasteiger partial charge in [-0.25, -0.2) is 4.98 Å². The van der Waals surface area contributed by atoms with E-state index in [1.165, 1.54) is 90.7 Å². The Balaban J connectivity index is 1.23. The summed E-state index contributed by atoms with van der Waals surface area (Å²) in [5.41, 5.74) is 9.05. The fraction of sp³-hybridized carbons (Fsp3) is 0.703. The van der Waals surface area contributed by atoms with Crippen LogP contribution in [0.3, 0.4) is 0 Å². The maximum Gasteiger partial charge on any atom is 0.187 e. The molecule has 2 nitrogen and oxygen atoms in total. The van der Waals surface area contributed by atoms with E-state index in [1.54, 1.807) is 5.57 Å². The zero-order chi connectivity index (χ0) is 28.4. The van der Waals surface area contributed by atoms with Gasteiger partial charge in [-0.2, -0.15) is 0 Å². The molecule has 1 N–H and O–H groups in total. The van der Waals surface area contributed by atoms with Gasteiger partial charge in [0.15, 0.2) is 5.13 Å². The molecule has 7 atom stereocenters. The molecule has 0 saturated heterocycles. The molecule has 0 aliphatic heterocycles. The van der Waals surface area contributed by atoms with E-state index < -0.39 is 0 Å². The van der Waals surface area contributed by atoms with Crippen molar-refractivity contribution in [3.8, 4) is 0 Å². The molecule has 0 amide bonds. The van der Waals surface area contributed by atoms with Gasteiger partial charge >= 0.3 is 0 Å². The van der Waals surface area contributed by atoms with Crippen molar-refractivity contribution in [2.45, 2.75) is 120 Å². The first-order valence-electron chi connectivity index (χ1n) is 16.6. The van der Waals surface area contributed by atoms with Gasteiger partial charge in [-0.3, -0.25) is 0 Å². The Kier molecular flexibility index (Phi) is 7.54. The van der Waals surface area contributed by atoms with Crippen molar-refractivity contribution < 1.29 is 0 Å². The zero-order valence-electron chi connectivity index (χ0n) is 26.6. The first kappa shape index (κ1) is 28.5. The number of aromatic nitrogens is 1. The highest BCUT2D eigenvalue weighted by atomic mass is 32.1. The van der Waals surface area contributed by atoms with Crippen LogP contribution in [0.5, 0.6) is 0 Å². The Morgan fingerprint density at radius 1 is 0.975 bits per heavy atom. The number of hydrogen-bond acceptors (Lipinski definition) is 3. The molecule has 4 aliphatic carbocycles. The third kappa shape index (κ3) is 4.71. The predicted molar refractivity (Wildman–Crippen MR) is 173 cm³/mol. The highest BCUT2D eigenvalue weighted by molar-refractivity contribution is 7.16. The minimum Gasteiger partial charge on any atom is -0.331 e. The van der Waals surface area contributed by atoms with Crippen LogP contribution >= 0.6 is 11.3 Å². The van der Waals surface area contributed by atoms with Crippen molar-refractivity contribution in [2.24, 2.45) is 46.3 Å². The topological polar surface area (TPSA) is 24.9 Å². The number of benzene rings is 1. The summed E-state index contributed by atoms with van der Waals surface area (Å²) in [6.07, 6.45) is 16.5.